The van der Waals surface area contributed by atoms with Crippen LogP contribution in [-0.4, -0.2) is 36.3 Å². The minimum absolute atomic E-state index is 0.0581. The van der Waals surface area contributed by atoms with Crippen LogP contribution in [0.25, 0.3) is 11.2 Å². The quantitative estimate of drug-likeness (QED) is 0.627. The Hall–Kier alpha value is -2.94. The molecular formula is C15H14FN5O3. The largest absolute Gasteiger partial charge is 0.508 e. The van der Waals surface area contributed by atoms with Gasteiger partial charge in [0.1, 0.15) is 17.7 Å². The second-order valence-electron chi connectivity index (χ2n) is 5.49. The zero-order chi connectivity index (χ0) is 16.7. The molecule has 2 aromatic heterocycles. The average molecular weight is 331 g/mol. The normalized spacial score (nSPS) is 17.0. The first-order valence-electron chi connectivity index (χ1n) is 7.37. The molecule has 1 saturated heterocycles. The van der Waals surface area contributed by atoms with Gasteiger partial charge in [-0.25, -0.2) is 4.98 Å². The van der Waals surface area contributed by atoms with Gasteiger partial charge in [-0.3, -0.25) is 4.57 Å². The molecule has 3 aromatic rings. The Bertz CT molecular complexity index is 889. The molecule has 24 heavy (non-hydrogen) atoms. The van der Waals surface area contributed by atoms with E-state index in [9.17, 15) is 14.6 Å². The van der Waals surface area contributed by atoms with Gasteiger partial charge >= 0.3 is 6.08 Å². The Balaban J connectivity index is 1.65. The van der Waals surface area contributed by atoms with Crippen LogP contribution in [0.5, 0.6) is 11.5 Å². The zero-order valence-electron chi connectivity index (χ0n) is 12.5. The van der Waals surface area contributed by atoms with Crippen LogP contribution in [0, 0.1) is 6.08 Å². The number of nitrogens with zero attached hydrogens (tertiary/aromatic N) is 4. The van der Waals surface area contributed by atoms with E-state index in [2.05, 4.69) is 20.3 Å². The van der Waals surface area contributed by atoms with Gasteiger partial charge in [0.05, 0.1) is 12.9 Å². The minimum atomic E-state index is -0.871. The van der Waals surface area contributed by atoms with Gasteiger partial charge in [-0.2, -0.15) is 14.4 Å². The maximum absolute atomic E-state index is 13.8. The highest BCUT2D eigenvalue weighted by atomic mass is 19.1. The number of imidazole rings is 1. The molecule has 124 valence electrons. The van der Waals surface area contributed by atoms with Crippen molar-refractivity contribution in [3.63, 3.8) is 0 Å². The molecule has 8 nitrogen and oxygen atoms in total. The predicted octanol–water partition coefficient (Wildman–Crippen LogP) is 1.91. The van der Waals surface area contributed by atoms with E-state index >= 15 is 0 Å². The fourth-order valence-electron chi connectivity index (χ4n) is 2.61. The third-order valence-electron chi connectivity index (χ3n) is 3.80. The van der Waals surface area contributed by atoms with Gasteiger partial charge in [-0.1, -0.05) is 0 Å². The van der Waals surface area contributed by atoms with E-state index in [0.29, 0.717) is 23.3 Å². The summed E-state index contributed by atoms with van der Waals surface area (Å²) in [5.41, 5.74) is 1.39. The Kier molecular flexibility index (Phi) is 3.42. The number of anilines is 1. The van der Waals surface area contributed by atoms with E-state index in [0.717, 1.165) is 6.42 Å². The number of phenolic OH excluding ortho intramolecular Hbond substituents is 2. The number of phenols is 2. The van der Waals surface area contributed by atoms with Crippen LogP contribution in [0.15, 0.2) is 24.5 Å². The first-order chi connectivity index (χ1) is 11.6. The lowest BCUT2D eigenvalue weighted by Crippen LogP contribution is -2.24. The molecule has 1 fully saturated rings. The van der Waals surface area contributed by atoms with E-state index in [1.807, 2.05) is 0 Å². The smallest absolute Gasteiger partial charge is 0.312 e. The Morgan fingerprint density at radius 2 is 2.00 bits per heavy atom. The molecule has 1 aromatic carbocycles. The third kappa shape index (κ3) is 2.58. The highest BCUT2D eigenvalue weighted by Crippen LogP contribution is 2.29. The lowest BCUT2D eigenvalue weighted by atomic mass is 10.2. The molecule has 9 heteroatoms. The first kappa shape index (κ1) is 14.6. The van der Waals surface area contributed by atoms with E-state index in [1.165, 1.54) is 18.2 Å². The fraction of sp³-hybridized carbons (Fsp3) is 0.267. The Morgan fingerprint density at radius 1 is 1.25 bits per heavy atom. The van der Waals surface area contributed by atoms with Gasteiger partial charge in [-0.15, -0.1) is 0 Å². The summed E-state index contributed by atoms with van der Waals surface area (Å²) in [6, 6.07) is 4.21. The summed E-state index contributed by atoms with van der Waals surface area (Å²) in [7, 11) is 0. The molecular weight excluding hydrogens is 317 g/mol. The molecule has 3 N–H and O–H groups in total. The van der Waals surface area contributed by atoms with Gasteiger partial charge in [0.25, 0.3) is 0 Å². The molecule has 0 bridgehead atoms. The fourth-order valence-corrected chi connectivity index (χ4v) is 2.61. The van der Waals surface area contributed by atoms with Crippen molar-refractivity contribution in [1.82, 2.24) is 19.5 Å². The van der Waals surface area contributed by atoms with Crippen LogP contribution < -0.4 is 5.32 Å². The number of benzene rings is 1. The van der Waals surface area contributed by atoms with Crippen molar-refractivity contribution in [3.05, 3.63) is 36.2 Å². The van der Waals surface area contributed by atoms with Gasteiger partial charge in [0.2, 0.25) is 0 Å². The minimum Gasteiger partial charge on any atom is -0.508 e. The number of nitrogens with one attached hydrogen (secondary N) is 1. The standard InChI is InChI=1S/C15H14FN5O3/c16-15-19-13(17-6-8-3-9(22)5-10(23)4-8)12-14(20-15)21(7-18-12)11-1-2-24-11/h3-5,7,11,22-23H,1-2,6H2,(H,17,19,20). The van der Waals surface area contributed by atoms with Crippen molar-refractivity contribution >= 4 is 17.0 Å². The second-order valence-corrected chi connectivity index (χ2v) is 5.49. The van der Waals surface area contributed by atoms with E-state index in [-0.39, 0.29) is 30.1 Å². The molecule has 0 amide bonds. The molecule has 1 aliphatic heterocycles. The maximum Gasteiger partial charge on any atom is 0.312 e. The second kappa shape index (κ2) is 5.60. The van der Waals surface area contributed by atoms with E-state index < -0.39 is 6.08 Å². The van der Waals surface area contributed by atoms with Crippen molar-refractivity contribution in [2.75, 3.05) is 11.9 Å². The SMILES string of the molecule is Oc1cc(O)cc(CNc2nc(F)nc3c2ncn3C2CCO2)c1. The van der Waals surface area contributed by atoms with Crippen LogP contribution in [0.3, 0.4) is 0 Å². The number of ether oxygens (including phenoxy) is 1. The van der Waals surface area contributed by atoms with Crippen LogP contribution in [0.4, 0.5) is 10.2 Å². The number of hydrogen-bond donors (Lipinski definition) is 3. The van der Waals surface area contributed by atoms with Crippen LogP contribution in [0.1, 0.15) is 18.2 Å². The molecule has 0 radical (unpaired) electrons. The molecule has 0 aliphatic carbocycles. The third-order valence-corrected chi connectivity index (χ3v) is 3.80. The number of fused-ring (bicyclic) bond motifs is 1. The van der Waals surface area contributed by atoms with Crippen molar-refractivity contribution in [1.29, 1.82) is 0 Å². The molecule has 1 unspecified atom stereocenters. The number of hydrogen-bond acceptors (Lipinski definition) is 7. The first-order valence-corrected chi connectivity index (χ1v) is 7.37. The monoisotopic (exact) mass is 331 g/mol. The van der Waals surface area contributed by atoms with E-state index in [1.54, 1.807) is 10.9 Å². The Labute approximate surface area is 135 Å². The summed E-state index contributed by atoms with van der Waals surface area (Å²) < 4.78 is 20.8. The average Bonchev–Trinajstić information content (AvgIpc) is 2.86. The summed E-state index contributed by atoms with van der Waals surface area (Å²) in [5.74, 6) is 0.118. The lowest BCUT2D eigenvalue weighted by molar-refractivity contribution is -0.0974. The summed E-state index contributed by atoms with van der Waals surface area (Å²) in [4.78, 5) is 11.8. The number of rotatable bonds is 4. The van der Waals surface area contributed by atoms with Crippen molar-refractivity contribution < 1.29 is 19.3 Å². The van der Waals surface area contributed by atoms with E-state index in [4.69, 9.17) is 4.74 Å². The molecule has 1 atom stereocenters. The molecule has 1 aliphatic rings. The maximum atomic E-state index is 13.8. The molecule has 0 saturated carbocycles. The van der Waals surface area contributed by atoms with Crippen molar-refractivity contribution in [3.8, 4) is 11.5 Å². The molecule has 4 rings (SSSR count). The zero-order valence-corrected chi connectivity index (χ0v) is 12.5. The lowest BCUT2D eigenvalue weighted by Gasteiger charge is -2.27. The van der Waals surface area contributed by atoms with Gasteiger partial charge < -0.3 is 20.3 Å². The van der Waals surface area contributed by atoms with Gasteiger partial charge in [0.15, 0.2) is 17.0 Å². The van der Waals surface area contributed by atoms with Gasteiger partial charge in [0, 0.05) is 19.0 Å². The highest BCUT2D eigenvalue weighted by Gasteiger charge is 2.24. The van der Waals surface area contributed by atoms with Crippen LogP contribution in [-0.2, 0) is 11.3 Å². The number of aromatic nitrogens is 4. The van der Waals surface area contributed by atoms with Gasteiger partial charge in [-0.05, 0) is 17.7 Å². The summed E-state index contributed by atoms with van der Waals surface area (Å²) in [6.45, 7) is 0.879. The van der Waals surface area contributed by atoms with Crippen molar-refractivity contribution in [2.24, 2.45) is 0 Å². The number of halogens is 1. The summed E-state index contributed by atoms with van der Waals surface area (Å²) in [6.07, 6.45) is 1.32. The van der Waals surface area contributed by atoms with Crippen molar-refractivity contribution in [2.45, 2.75) is 19.2 Å². The molecule has 0 spiro atoms. The van der Waals surface area contributed by atoms with Crippen LogP contribution in [0.2, 0.25) is 0 Å². The van der Waals surface area contributed by atoms with Crippen LogP contribution >= 0.6 is 0 Å². The summed E-state index contributed by atoms with van der Waals surface area (Å²) >= 11 is 0. The molecule has 3 heterocycles. The highest BCUT2D eigenvalue weighted by molar-refractivity contribution is 5.82. The predicted molar refractivity (Wildman–Crippen MR) is 82.0 cm³/mol. The number of aromatic hydroxyl groups is 2. The Morgan fingerprint density at radius 3 is 2.67 bits per heavy atom. The topological polar surface area (TPSA) is 105 Å². The summed E-state index contributed by atoms with van der Waals surface area (Å²) in [5, 5.41) is 22.0.